The monoisotopic (exact) mass is 388 g/mol. The van der Waals surface area contributed by atoms with Crippen molar-refractivity contribution in [1.82, 2.24) is 0 Å². The predicted molar refractivity (Wildman–Crippen MR) is 99.0 cm³/mol. The van der Waals surface area contributed by atoms with Gasteiger partial charge in [0, 0.05) is 16.1 Å². The van der Waals surface area contributed by atoms with Crippen molar-refractivity contribution in [3.63, 3.8) is 0 Å². The van der Waals surface area contributed by atoms with Crippen molar-refractivity contribution in [2.24, 2.45) is 4.99 Å². The number of nitro groups is 1. The molecule has 0 bridgehead atoms. The zero-order valence-electron chi connectivity index (χ0n) is 13.1. The van der Waals surface area contributed by atoms with Gasteiger partial charge in [-0.05, 0) is 36.4 Å². The number of carbonyl (C=O) groups is 1. The number of hydrogen-bond acceptors (Lipinski definition) is 5. The van der Waals surface area contributed by atoms with Crippen molar-refractivity contribution in [2.75, 3.05) is 0 Å². The fourth-order valence-corrected chi connectivity index (χ4v) is 2.63. The molecule has 3 aromatic rings. The molecule has 3 rings (SSSR count). The molecule has 1 heterocycles. The van der Waals surface area contributed by atoms with Crippen LogP contribution in [-0.2, 0) is 0 Å². The van der Waals surface area contributed by atoms with E-state index in [1.807, 2.05) is 0 Å². The number of aliphatic imine (C=N–C) groups is 1. The van der Waals surface area contributed by atoms with Gasteiger partial charge in [0.05, 0.1) is 23.0 Å². The van der Waals surface area contributed by atoms with E-state index in [1.165, 1.54) is 24.4 Å². The molecule has 0 aliphatic carbocycles. The van der Waals surface area contributed by atoms with Crippen LogP contribution < -0.4 is 0 Å². The number of benzene rings is 2. The van der Waals surface area contributed by atoms with Crippen LogP contribution in [-0.4, -0.2) is 16.9 Å². The minimum Gasteiger partial charge on any atom is -0.400 e. The van der Waals surface area contributed by atoms with E-state index in [1.54, 1.807) is 36.4 Å². The summed E-state index contributed by atoms with van der Waals surface area (Å²) in [6.45, 7) is 0. The molecule has 0 spiro atoms. The van der Waals surface area contributed by atoms with Gasteiger partial charge >= 0.3 is 5.88 Å². The zero-order chi connectivity index (χ0) is 18.7. The number of ketones is 1. The number of rotatable bonds is 5. The standard InChI is InChI=1S/C18H10Cl2N2O4/c19-11-5-7-16(21-10-12-6-8-17(26-12)22(24)25)14(9-11)18(23)13-3-1-2-4-15(13)20/h1-10H. The smallest absolute Gasteiger partial charge is 0.400 e. The molecular weight excluding hydrogens is 379 g/mol. The van der Waals surface area contributed by atoms with Crippen molar-refractivity contribution in [3.05, 3.63) is 91.6 Å². The minimum absolute atomic E-state index is 0.183. The fourth-order valence-electron chi connectivity index (χ4n) is 2.24. The Kier molecular flexibility index (Phi) is 5.16. The van der Waals surface area contributed by atoms with E-state index in [0.717, 1.165) is 0 Å². The number of furan rings is 1. The van der Waals surface area contributed by atoms with Crippen LogP contribution in [0.5, 0.6) is 0 Å². The first-order valence-electron chi connectivity index (χ1n) is 7.33. The largest absolute Gasteiger partial charge is 0.433 e. The molecule has 1 aromatic heterocycles. The van der Waals surface area contributed by atoms with Crippen LogP contribution >= 0.6 is 23.2 Å². The van der Waals surface area contributed by atoms with Gasteiger partial charge in [-0.15, -0.1) is 0 Å². The second-order valence-corrected chi connectivity index (χ2v) is 6.01. The zero-order valence-corrected chi connectivity index (χ0v) is 14.6. The highest BCUT2D eigenvalue weighted by molar-refractivity contribution is 6.35. The van der Waals surface area contributed by atoms with E-state index in [-0.39, 0.29) is 17.1 Å². The Labute approximate surface area is 157 Å². The summed E-state index contributed by atoms with van der Waals surface area (Å²) in [5.74, 6) is -0.548. The average Bonchev–Trinajstić information content (AvgIpc) is 3.10. The van der Waals surface area contributed by atoms with Crippen LogP contribution in [0.3, 0.4) is 0 Å². The highest BCUT2D eigenvalue weighted by atomic mass is 35.5. The molecule has 0 fully saturated rings. The van der Waals surface area contributed by atoms with E-state index in [0.29, 0.717) is 21.3 Å². The summed E-state index contributed by atoms with van der Waals surface area (Å²) in [7, 11) is 0. The molecule has 0 unspecified atom stereocenters. The van der Waals surface area contributed by atoms with Crippen LogP contribution in [0.15, 0.2) is 64.0 Å². The highest BCUT2D eigenvalue weighted by Gasteiger charge is 2.17. The average molecular weight is 389 g/mol. The molecule has 0 N–H and O–H groups in total. The fraction of sp³-hybridized carbons (Fsp3) is 0. The molecule has 8 heteroatoms. The van der Waals surface area contributed by atoms with Crippen LogP contribution in [0.1, 0.15) is 21.7 Å². The lowest BCUT2D eigenvalue weighted by atomic mass is 10.0. The van der Waals surface area contributed by atoms with Gasteiger partial charge in [-0.2, -0.15) is 0 Å². The molecule has 130 valence electrons. The maximum absolute atomic E-state index is 12.8. The highest BCUT2D eigenvalue weighted by Crippen LogP contribution is 2.28. The van der Waals surface area contributed by atoms with Gasteiger partial charge in [-0.1, -0.05) is 35.3 Å². The third kappa shape index (κ3) is 3.82. The van der Waals surface area contributed by atoms with E-state index < -0.39 is 10.8 Å². The Morgan fingerprint density at radius 2 is 1.85 bits per heavy atom. The Hall–Kier alpha value is -2.96. The molecule has 0 saturated carbocycles. The first-order valence-corrected chi connectivity index (χ1v) is 8.08. The number of halogens is 2. The molecule has 0 saturated heterocycles. The van der Waals surface area contributed by atoms with Gasteiger partial charge in [0.15, 0.2) is 11.5 Å². The SMILES string of the molecule is O=C(c1ccccc1Cl)c1cc(Cl)ccc1N=Cc1ccc([N+](=O)[O-])o1. The number of nitrogens with zero attached hydrogens (tertiary/aromatic N) is 2. The second-order valence-electron chi connectivity index (χ2n) is 5.16. The summed E-state index contributed by atoms with van der Waals surface area (Å²) in [5.41, 5.74) is 0.905. The summed E-state index contributed by atoms with van der Waals surface area (Å²) < 4.78 is 5.01. The first kappa shape index (κ1) is 17.8. The van der Waals surface area contributed by atoms with Crippen molar-refractivity contribution >= 4 is 46.8 Å². The van der Waals surface area contributed by atoms with E-state index in [9.17, 15) is 14.9 Å². The van der Waals surface area contributed by atoms with Gasteiger partial charge in [-0.25, -0.2) is 0 Å². The minimum atomic E-state index is -0.647. The molecule has 26 heavy (non-hydrogen) atoms. The second kappa shape index (κ2) is 7.51. The van der Waals surface area contributed by atoms with E-state index in [4.69, 9.17) is 27.6 Å². The van der Waals surface area contributed by atoms with Crippen LogP contribution in [0, 0.1) is 10.1 Å². The van der Waals surface area contributed by atoms with Gasteiger partial charge in [0.1, 0.15) is 4.92 Å². The van der Waals surface area contributed by atoms with Crippen LogP contribution in [0.2, 0.25) is 10.0 Å². The molecule has 0 aliphatic rings. The Bertz CT molecular complexity index is 1030. The van der Waals surface area contributed by atoms with E-state index >= 15 is 0 Å². The summed E-state index contributed by atoms with van der Waals surface area (Å²) in [6.07, 6.45) is 1.29. The Balaban J connectivity index is 1.98. The molecule has 0 atom stereocenters. The predicted octanol–water partition coefficient (Wildman–Crippen LogP) is 5.48. The lowest BCUT2D eigenvalue weighted by Gasteiger charge is -2.07. The summed E-state index contributed by atoms with van der Waals surface area (Å²) in [4.78, 5) is 27.0. The van der Waals surface area contributed by atoms with Gasteiger partial charge in [0.25, 0.3) is 0 Å². The summed E-state index contributed by atoms with van der Waals surface area (Å²) in [5, 5.41) is 11.3. The third-order valence-corrected chi connectivity index (χ3v) is 4.01. The maximum atomic E-state index is 12.8. The molecule has 0 radical (unpaired) electrons. The normalized spacial score (nSPS) is 11.0. The molecule has 0 aliphatic heterocycles. The Morgan fingerprint density at radius 3 is 2.54 bits per heavy atom. The molecular formula is C18H10Cl2N2O4. The topological polar surface area (TPSA) is 85.7 Å². The molecule has 2 aromatic carbocycles. The Morgan fingerprint density at radius 1 is 1.08 bits per heavy atom. The summed E-state index contributed by atoms with van der Waals surface area (Å²) >= 11 is 12.1. The van der Waals surface area contributed by atoms with E-state index in [2.05, 4.69) is 4.99 Å². The lowest BCUT2D eigenvalue weighted by molar-refractivity contribution is -0.402. The van der Waals surface area contributed by atoms with Crippen molar-refractivity contribution in [1.29, 1.82) is 0 Å². The maximum Gasteiger partial charge on any atom is 0.433 e. The first-order chi connectivity index (χ1) is 12.5. The summed E-state index contributed by atoms with van der Waals surface area (Å²) in [6, 6.07) is 13.9. The van der Waals surface area contributed by atoms with Crippen molar-refractivity contribution in [3.8, 4) is 0 Å². The number of hydrogen-bond donors (Lipinski definition) is 0. The van der Waals surface area contributed by atoms with Crippen LogP contribution in [0.4, 0.5) is 11.6 Å². The van der Waals surface area contributed by atoms with Crippen LogP contribution in [0.25, 0.3) is 0 Å². The molecule has 6 nitrogen and oxygen atoms in total. The molecule has 0 amide bonds. The van der Waals surface area contributed by atoms with Gasteiger partial charge in [-0.3, -0.25) is 19.9 Å². The number of carbonyl (C=O) groups excluding carboxylic acids is 1. The third-order valence-electron chi connectivity index (χ3n) is 3.45. The quantitative estimate of drug-likeness (QED) is 0.250. The van der Waals surface area contributed by atoms with Gasteiger partial charge in [0.2, 0.25) is 0 Å². The van der Waals surface area contributed by atoms with Crippen molar-refractivity contribution in [2.45, 2.75) is 0 Å². The van der Waals surface area contributed by atoms with Crippen molar-refractivity contribution < 1.29 is 14.1 Å². The van der Waals surface area contributed by atoms with Gasteiger partial charge < -0.3 is 4.42 Å². The lowest BCUT2D eigenvalue weighted by Crippen LogP contribution is -2.02.